The second-order valence-electron chi connectivity index (χ2n) is 7.38. The van der Waals surface area contributed by atoms with E-state index in [1.54, 1.807) is 55.7 Å². The minimum absolute atomic E-state index is 0.0792. The van der Waals surface area contributed by atoms with Crippen LogP contribution in [-0.4, -0.2) is 30.9 Å². The van der Waals surface area contributed by atoms with Gasteiger partial charge in [0.2, 0.25) is 5.82 Å². The number of benzene rings is 1. The third-order valence-electron chi connectivity index (χ3n) is 5.03. The molecular weight excluding hydrogens is 410 g/mol. The van der Waals surface area contributed by atoms with Crippen LogP contribution in [0.1, 0.15) is 55.6 Å². The normalized spacial score (nSPS) is 12.1. The number of aryl methyl sites for hydroxylation is 1. The highest BCUT2D eigenvalue weighted by Gasteiger charge is 2.24. The van der Waals surface area contributed by atoms with Gasteiger partial charge in [-0.1, -0.05) is 43.1 Å². The van der Waals surface area contributed by atoms with Gasteiger partial charge in [-0.15, -0.1) is 0 Å². The van der Waals surface area contributed by atoms with E-state index in [4.69, 9.17) is 9.26 Å². The van der Waals surface area contributed by atoms with Crippen molar-refractivity contribution in [2.24, 2.45) is 0 Å². The highest BCUT2D eigenvalue weighted by molar-refractivity contribution is 6.02. The summed E-state index contributed by atoms with van der Waals surface area (Å²) in [5, 5.41) is 9.13. The van der Waals surface area contributed by atoms with Gasteiger partial charge >= 0.3 is 5.97 Å². The molecule has 1 aromatic carbocycles. The monoisotopic (exact) mass is 433 g/mol. The Morgan fingerprint density at radius 1 is 1.16 bits per heavy atom. The Bertz CT molecular complexity index is 1280. The highest BCUT2D eigenvalue weighted by atomic mass is 16.6. The number of carbonyl (C=O) groups excluding carboxylic acids is 1. The summed E-state index contributed by atoms with van der Waals surface area (Å²) in [4.78, 5) is 34.1. The summed E-state index contributed by atoms with van der Waals surface area (Å²) >= 11 is 0. The van der Waals surface area contributed by atoms with E-state index in [0.717, 1.165) is 19.3 Å². The topological polar surface area (TPSA) is 113 Å². The standard InChI is InChI=1S/C23H23N5O4/c1-3-4-7-13-28-22(29)18-11-6-5-10-17(18)19(26-28)23(30)31-15(2)21-25-20(27-32-21)16-9-8-12-24-14-16/h5-6,8-12,14-15H,3-4,7,13H2,1-2H3. The minimum atomic E-state index is -0.804. The molecule has 1 atom stereocenters. The maximum Gasteiger partial charge on any atom is 0.360 e. The molecule has 0 amide bonds. The molecule has 0 aliphatic heterocycles. The summed E-state index contributed by atoms with van der Waals surface area (Å²) in [6, 6.07) is 10.5. The van der Waals surface area contributed by atoms with Crippen molar-refractivity contribution in [1.29, 1.82) is 0 Å². The van der Waals surface area contributed by atoms with Crippen molar-refractivity contribution in [1.82, 2.24) is 24.9 Å². The first kappa shape index (κ1) is 21.4. The van der Waals surface area contributed by atoms with Gasteiger partial charge in [-0.2, -0.15) is 10.1 Å². The maximum atomic E-state index is 13.0. The zero-order valence-corrected chi connectivity index (χ0v) is 17.9. The first-order valence-electron chi connectivity index (χ1n) is 10.5. The molecule has 0 fully saturated rings. The number of aromatic nitrogens is 5. The molecule has 0 N–H and O–H groups in total. The molecule has 0 radical (unpaired) electrons. The third kappa shape index (κ3) is 4.41. The molecular formula is C23H23N5O4. The molecule has 0 spiro atoms. The number of pyridine rings is 1. The number of unbranched alkanes of at least 4 members (excludes halogenated alkanes) is 2. The second-order valence-corrected chi connectivity index (χ2v) is 7.38. The molecule has 0 bridgehead atoms. The Morgan fingerprint density at radius 2 is 1.97 bits per heavy atom. The fourth-order valence-electron chi connectivity index (χ4n) is 3.33. The lowest BCUT2D eigenvalue weighted by Crippen LogP contribution is -2.27. The van der Waals surface area contributed by atoms with Gasteiger partial charge in [-0.3, -0.25) is 9.78 Å². The summed E-state index contributed by atoms with van der Waals surface area (Å²) in [6.07, 6.45) is 5.23. The van der Waals surface area contributed by atoms with Crippen LogP contribution in [0.2, 0.25) is 0 Å². The van der Waals surface area contributed by atoms with E-state index in [0.29, 0.717) is 28.7 Å². The van der Waals surface area contributed by atoms with Crippen LogP contribution in [0.3, 0.4) is 0 Å². The van der Waals surface area contributed by atoms with Crippen molar-refractivity contribution < 1.29 is 14.1 Å². The first-order valence-corrected chi connectivity index (χ1v) is 10.5. The lowest BCUT2D eigenvalue weighted by Gasteiger charge is -2.12. The van der Waals surface area contributed by atoms with Crippen LogP contribution in [0, 0.1) is 0 Å². The molecule has 164 valence electrons. The zero-order chi connectivity index (χ0) is 22.5. The predicted octanol–water partition coefficient (Wildman–Crippen LogP) is 3.95. The number of ether oxygens (including phenoxy) is 1. The zero-order valence-electron chi connectivity index (χ0n) is 17.9. The second kappa shape index (κ2) is 9.51. The Morgan fingerprint density at radius 3 is 2.72 bits per heavy atom. The maximum absolute atomic E-state index is 13.0. The number of esters is 1. The van der Waals surface area contributed by atoms with Gasteiger partial charge in [0.05, 0.1) is 5.39 Å². The van der Waals surface area contributed by atoms with Gasteiger partial charge in [-0.25, -0.2) is 9.48 Å². The molecule has 0 saturated carbocycles. The Hall–Kier alpha value is -3.88. The number of fused-ring (bicyclic) bond motifs is 1. The van der Waals surface area contributed by atoms with Gasteiger partial charge in [0, 0.05) is 29.9 Å². The number of hydrogen-bond acceptors (Lipinski definition) is 8. The van der Waals surface area contributed by atoms with Crippen LogP contribution in [0.4, 0.5) is 0 Å². The molecule has 0 aliphatic carbocycles. The molecule has 32 heavy (non-hydrogen) atoms. The smallest absolute Gasteiger partial charge is 0.360 e. The Balaban J connectivity index is 1.60. The van der Waals surface area contributed by atoms with E-state index < -0.39 is 12.1 Å². The van der Waals surface area contributed by atoms with E-state index in [-0.39, 0.29) is 17.1 Å². The van der Waals surface area contributed by atoms with Crippen molar-refractivity contribution >= 4 is 16.7 Å². The van der Waals surface area contributed by atoms with Crippen LogP contribution in [0.25, 0.3) is 22.2 Å². The van der Waals surface area contributed by atoms with E-state index in [1.165, 1.54) is 4.68 Å². The SMILES string of the molecule is CCCCCn1nc(C(=O)OC(C)c2nc(-c3cccnc3)no2)c2ccccc2c1=O. The molecule has 0 aliphatic rings. The quantitative estimate of drug-likeness (QED) is 0.303. The van der Waals surface area contributed by atoms with Crippen molar-refractivity contribution in [3.8, 4) is 11.4 Å². The molecule has 9 heteroatoms. The van der Waals surface area contributed by atoms with Gasteiger partial charge in [0.1, 0.15) is 0 Å². The predicted molar refractivity (Wildman–Crippen MR) is 117 cm³/mol. The Kier molecular flexibility index (Phi) is 6.34. The molecule has 4 rings (SSSR count). The first-order chi connectivity index (χ1) is 15.6. The van der Waals surface area contributed by atoms with E-state index in [2.05, 4.69) is 27.1 Å². The van der Waals surface area contributed by atoms with Crippen LogP contribution in [0.15, 0.2) is 58.1 Å². The van der Waals surface area contributed by atoms with E-state index in [1.807, 2.05) is 0 Å². The number of rotatable bonds is 8. The summed E-state index contributed by atoms with van der Waals surface area (Å²) < 4.78 is 12.2. The highest BCUT2D eigenvalue weighted by Crippen LogP contribution is 2.22. The summed E-state index contributed by atoms with van der Waals surface area (Å²) in [7, 11) is 0. The van der Waals surface area contributed by atoms with Crippen LogP contribution in [-0.2, 0) is 11.3 Å². The van der Waals surface area contributed by atoms with E-state index in [9.17, 15) is 9.59 Å². The van der Waals surface area contributed by atoms with Crippen LogP contribution < -0.4 is 5.56 Å². The largest absolute Gasteiger partial charge is 0.448 e. The molecule has 3 aromatic heterocycles. The van der Waals surface area contributed by atoms with Gasteiger partial charge < -0.3 is 9.26 Å². The van der Waals surface area contributed by atoms with Gasteiger partial charge in [0.15, 0.2) is 11.8 Å². The molecule has 4 aromatic rings. The fraction of sp³-hybridized carbons (Fsp3) is 0.304. The van der Waals surface area contributed by atoms with Crippen molar-refractivity contribution in [2.45, 2.75) is 45.8 Å². The Labute approximate surface area is 184 Å². The van der Waals surface area contributed by atoms with Crippen LogP contribution in [0.5, 0.6) is 0 Å². The average Bonchev–Trinajstić information content (AvgIpc) is 3.32. The average molecular weight is 433 g/mol. The van der Waals surface area contributed by atoms with Crippen molar-refractivity contribution in [3.05, 3.63) is 70.7 Å². The minimum Gasteiger partial charge on any atom is -0.448 e. The van der Waals surface area contributed by atoms with Crippen LogP contribution >= 0.6 is 0 Å². The molecule has 1 unspecified atom stereocenters. The molecule has 3 heterocycles. The van der Waals surface area contributed by atoms with Gasteiger partial charge in [-0.05, 0) is 31.5 Å². The molecule has 9 nitrogen and oxygen atoms in total. The number of hydrogen-bond donors (Lipinski definition) is 0. The number of nitrogens with zero attached hydrogens (tertiary/aromatic N) is 5. The van der Waals surface area contributed by atoms with Gasteiger partial charge in [0.25, 0.3) is 11.4 Å². The lowest BCUT2D eigenvalue weighted by molar-refractivity contribution is 0.0258. The summed E-state index contributed by atoms with van der Waals surface area (Å²) in [5.41, 5.74) is 0.544. The van der Waals surface area contributed by atoms with Crippen molar-refractivity contribution in [2.75, 3.05) is 0 Å². The lowest BCUT2D eigenvalue weighted by atomic mass is 10.1. The summed E-state index contributed by atoms with van der Waals surface area (Å²) in [6.45, 7) is 4.15. The number of carbonyl (C=O) groups is 1. The fourth-order valence-corrected chi connectivity index (χ4v) is 3.33. The van der Waals surface area contributed by atoms with Crippen molar-refractivity contribution in [3.63, 3.8) is 0 Å². The third-order valence-corrected chi connectivity index (χ3v) is 5.03. The molecule has 0 saturated heterocycles. The summed E-state index contributed by atoms with van der Waals surface area (Å²) in [5.74, 6) is -0.166. The van der Waals surface area contributed by atoms with E-state index >= 15 is 0 Å².